The van der Waals surface area contributed by atoms with E-state index in [0.717, 1.165) is 4.47 Å². The van der Waals surface area contributed by atoms with Gasteiger partial charge < -0.3 is 10.1 Å². The second kappa shape index (κ2) is 5.60. The molecule has 0 aliphatic heterocycles. The molecule has 0 spiro atoms. The van der Waals surface area contributed by atoms with E-state index in [1.54, 1.807) is 12.3 Å². The van der Waals surface area contributed by atoms with Crippen LogP contribution in [0.2, 0.25) is 0 Å². The lowest BCUT2D eigenvalue weighted by molar-refractivity contribution is -0.122. The molecule has 16 heavy (non-hydrogen) atoms. The van der Waals surface area contributed by atoms with Crippen LogP contribution >= 0.6 is 15.9 Å². The molecule has 1 aromatic heterocycles. The van der Waals surface area contributed by atoms with E-state index in [2.05, 4.69) is 26.2 Å². The van der Waals surface area contributed by atoms with Crippen LogP contribution in [-0.2, 0) is 9.59 Å². The predicted octanol–water partition coefficient (Wildman–Crippen LogP) is 1.23. The van der Waals surface area contributed by atoms with Crippen molar-refractivity contribution in [2.24, 2.45) is 0 Å². The summed E-state index contributed by atoms with van der Waals surface area (Å²) >= 11 is 3.24. The first kappa shape index (κ1) is 12.6. The fourth-order valence-corrected chi connectivity index (χ4v) is 1.58. The molecule has 1 N–H and O–H groups in total. The Kier molecular flexibility index (Phi) is 4.42. The largest absolute Gasteiger partial charge is 0.495 e. The van der Waals surface area contributed by atoms with Gasteiger partial charge in [-0.1, -0.05) is 0 Å². The number of carbonyl (C=O) groups excluding carboxylic acids is 2. The molecule has 0 bridgehead atoms. The van der Waals surface area contributed by atoms with Crippen molar-refractivity contribution >= 4 is 28.1 Å². The molecule has 1 atom stereocenters. The van der Waals surface area contributed by atoms with Crippen LogP contribution in [0.15, 0.2) is 16.7 Å². The topological polar surface area (TPSA) is 68.3 Å². The van der Waals surface area contributed by atoms with E-state index < -0.39 is 6.04 Å². The molecule has 1 heterocycles. The number of ketones is 1. The maximum atomic E-state index is 11.4. The summed E-state index contributed by atoms with van der Waals surface area (Å²) in [4.78, 5) is 25.9. The van der Waals surface area contributed by atoms with Gasteiger partial charge in [-0.15, -0.1) is 0 Å². The van der Waals surface area contributed by atoms with Crippen molar-refractivity contribution in [1.82, 2.24) is 10.3 Å². The molecule has 1 aromatic rings. The average Bonchev–Trinajstić information content (AvgIpc) is 2.26. The number of rotatable bonds is 5. The van der Waals surface area contributed by atoms with Gasteiger partial charge in [-0.2, -0.15) is 0 Å². The highest BCUT2D eigenvalue weighted by Gasteiger charge is 2.21. The number of amides is 1. The third-order valence-corrected chi connectivity index (χ3v) is 2.42. The molecule has 6 heteroatoms. The Morgan fingerprint density at radius 1 is 1.69 bits per heavy atom. The van der Waals surface area contributed by atoms with Crippen LogP contribution < -0.4 is 10.1 Å². The van der Waals surface area contributed by atoms with Gasteiger partial charge in [-0.05, 0) is 28.9 Å². The number of ether oxygens (including phenoxy) is 1. The molecular weight excluding hydrogens is 276 g/mol. The maximum Gasteiger partial charge on any atom is 0.208 e. The predicted molar refractivity (Wildman–Crippen MR) is 61.1 cm³/mol. The van der Waals surface area contributed by atoms with E-state index in [9.17, 15) is 9.59 Å². The minimum Gasteiger partial charge on any atom is -0.495 e. The summed E-state index contributed by atoms with van der Waals surface area (Å²) in [5, 5.41) is 2.40. The van der Waals surface area contributed by atoms with Crippen LogP contribution in [0.1, 0.15) is 18.7 Å². The van der Waals surface area contributed by atoms with Gasteiger partial charge in [0.2, 0.25) is 6.41 Å². The molecular formula is C10H11BrN2O3. The zero-order valence-corrected chi connectivity index (χ0v) is 10.4. The summed E-state index contributed by atoms with van der Waals surface area (Å²) in [6.45, 7) is 1.38. The summed E-state index contributed by atoms with van der Waals surface area (Å²) in [7, 11) is 1.48. The van der Waals surface area contributed by atoms with Crippen molar-refractivity contribution in [2.75, 3.05) is 7.11 Å². The van der Waals surface area contributed by atoms with Crippen LogP contribution in [-0.4, -0.2) is 24.3 Å². The third-order valence-electron chi connectivity index (χ3n) is 1.98. The highest BCUT2D eigenvalue weighted by molar-refractivity contribution is 9.10. The van der Waals surface area contributed by atoms with E-state index >= 15 is 0 Å². The molecule has 0 saturated heterocycles. The van der Waals surface area contributed by atoms with Crippen LogP contribution in [0.25, 0.3) is 0 Å². The van der Waals surface area contributed by atoms with E-state index in [-0.39, 0.29) is 5.78 Å². The molecule has 0 aliphatic carbocycles. The van der Waals surface area contributed by atoms with Crippen molar-refractivity contribution in [3.63, 3.8) is 0 Å². The van der Waals surface area contributed by atoms with Crippen LogP contribution in [0.4, 0.5) is 0 Å². The molecule has 0 radical (unpaired) electrons. The molecule has 0 saturated carbocycles. The number of methoxy groups -OCH3 is 1. The zero-order chi connectivity index (χ0) is 12.1. The van der Waals surface area contributed by atoms with Crippen LogP contribution in [0, 0.1) is 0 Å². The van der Waals surface area contributed by atoms with E-state index in [1.165, 1.54) is 14.0 Å². The van der Waals surface area contributed by atoms with Gasteiger partial charge in [0, 0.05) is 10.7 Å². The molecule has 0 aliphatic rings. The Morgan fingerprint density at radius 2 is 2.38 bits per heavy atom. The Morgan fingerprint density at radius 3 is 2.88 bits per heavy atom. The van der Waals surface area contributed by atoms with Crippen molar-refractivity contribution in [3.05, 3.63) is 22.4 Å². The zero-order valence-electron chi connectivity index (χ0n) is 8.86. The number of halogens is 1. The minimum absolute atomic E-state index is 0.208. The average molecular weight is 287 g/mol. The number of pyridine rings is 1. The van der Waals surface area contributed by atoms with Crippen LogP contribution in [0.5, 0.6) is 5.75 Å². The summed E-state index contributed by atoms with van der Waals surface area (Å²) in [5.74, 6) is 0.240. The second-order valence-electron chi connectivity index (χ2n) is 3.07. The first-order valence-electron chi connectivity index (χ1n) is 4.49. The highest BCUT2D eigenvalue weighted by Crippen LogP contribution is 2.26. The number of hydrogen-bond acceptors (Lipinski definition) is 4. The van der Waals surface area contributed by atoms with Crippen LogP contribution in [0.3, 0.4) is 0 Å². The second-order valence-corrected chi connectivity index (χ2v) is 3.98. The minimum atomic E-state index is -0.777. The van der Waals surface area contributed by atoms with Gasteiger partial charge in [0.05, 0.1) is 7.11 Å². The van der Waals surface area contributed by atoms with Gasteiger partial charge in [0.25, 0.3) is 0 Å². The van der Waals surface area contributed by atoms with Gasteiger partial charge >= 0.3 is 0 Å². The lowest BCUT2D eigenvalue weighted by Crippen LogP contribution is -2.27. The van der Waals surface area contributed by atoms with E-state index in [0.29, 0.717) is 17.9 Å². The third kappa shape index (κ3) is 2.79. The van der Waals surface area contributed by atoms with Gasteiger partial charge in [-0.25, -0.2) is 0 Å². The van der Waals surface area contributed by atoms with Crippen molar-refractivity contribution in [2.45, 2.75) is 13.0 Å². The summed E-state index contributed by atoms with van der Waals surface area (Å²) in [6.07, 6.45) is 2.01. The normalized spacial score (nSPS) is 11.7. The first-order chi connectivity index (χ1) is 7.60. The Balaban J connectivity index is 3.17. The molecule has 0 fully saturated rings. The van der Waals surface area contributed by atoms with Gasteiger partial charge in [0.1, 0.15) is 17.5 Å². The SMILES string of the molecule is COc1cc(Br)cnc1C(NC=O)C(C)=O. The molecule has 1 rings (SSSR count). The van der Waals surface area contributed by atoms with Crippen molar-refractivity contribution < 1.29 is 14.3 Å². The fraction of sp³-hybridized carbons (Fsp3) is 0.300. The van der Waals surface area contributed by atoms with E-state index in [4.69, 9.17) is 4.74 Å². The summed E-state index contributed by atoms with van der Waals surface area (Å²) in [6, 6.07) is 0.908. The standard InChI is InChI=1S/C10H11BrN2O3/c1-6(15)9(13-5-14)10-8(16-2)3-7(11)4-12-10/h3-5,9H,1-2H3,(H,13,14). The highest BCUT2D eigenvalue weighted by atomic mass is 79.9. The van der Waals surface area contributed by atoms with E-state index in [1.807, 2.05) is 0 Å². The monoisotopic (exact) mass is 286 g/mol. The Hall–Kier alpha value is -1.43. The number of Topliss-reactive ketones (excluding diaryl/α,β-unsaturated/α-hetero) is 1. The molecule has 1 unspecified atom stereocenters. The lowest BCUT2D eigenvalue weighted by Gasteiger charge is -2.15. The number of hydrogen-bond donors (Lipinski definition) is 1. The molecule has 0 aromatic carbocycles. The Labute approximate surface area is 101 Å². The number of nitrogens with one attached hydrogen (secondary N) is 1. The number of carbonyl (C=O) groups is 2. The van der Waals surface area contributed by atoms with Gasteiger partial charge in [0.15, 0.2) is 5.78 Å². The fourth-order valence-electron chi connectivity index (χ4n) is 1.27. The summed E-state index contributed by atoms with van der Waals surface area (Å²) < 4.78 is 5.84. The number of aromatic nitrogens is 1. The number of nitrogens with zero attached hydrogens (tertiary/aromatic N) is 1. The molecule has 86 valence electrons. The van der Waals surface area contributed by atoms with Gasteiger partial charge in [-0.3, -0.25) is 14.6 Å². The van der Waals surface area contributed by atoms with Crippen molar-refractivity contribution in [1.29, 1.82) is 0 Å². The van der Waals surface area contributed by atoms with Crippen molar-refractivity contribution in [3.8, 4) is 5.75 Å². The molecule has 1 amide bonds. The lowest BCUT2D eigenvalue weighted by atomic mass is 10.1. The Bertz CT molecular complexity index is 409. The smallest absolute Gasteiger partial charge is 0.208 e. The summed E-state index contributed by atoms with van der Waals surface area (Å²) in [5.41, 5.74) is 0.394. The maximum absolute atomic E-state index is 11.4. The molecule has 5 nitrogen and oxygen atoms in total. The quantitative estimate of drug-likeness (QED) is 0.827. The first-order valence-corrected chi connectivity index (χ1v) is 5.29.